The van der Waals surface area contributed by atoms with Gasteiger partial charge in [0.2, 0.25) is 5.95 Å². The summed E-state index contributed by atoms with van der Waals surface area (Å²) in [6.07, 6.45) is 7.46. The van der Waals surface area contributed by atoms with Gasteiger partial charge in [0.25, 0.3) is 5.92 Å². The number of alkyl halides is 2. The van der Waals surface area contributed by atoms with Gasteiger partial charge in [-0.05, 0) is 70.6 Å². The van der Waals surface area contributed by atoms with Gasteiger partial charge in [0, 0.05) is 29.2 Å². The molecule has 0 unspecified atom stereocenters. The van der Waals surface area contributed by atoms with Crippen molar-refractivity contribution >= 4 is 22.9 Å². The largest absolute Gasteiger partial charge is 0.363 e. The molecular formula is C26H31F2N7. The lowest BCUT2D eigenvalue weighted by atomic mass is 9.83. The van der Waals surface area contributed by atoms with Crippen LogP contribution in [0.4, 0.5) is 20.4 Å². The molecule has 0 atom stereocenters. The highest BCUT2D eigenvalue weighted by molar-refractivity contribution is 5.83. The highest BCUT2D eigenvalue weighted by Crippen LogP contribution is 2.37. The fourth-order valence-electron chi connectivity index (χ4n) is 4.97. The molecule has 3 aromatic heterocycles. The second-order valence-electron chi connectivity index (χ2n) is 9.90. The molecule has 0 radical (unpaired) electrons. The third-order valence-corrected chi connectivity index (χ3v) is 6.88. The van der Waals surface area contributed by atoms with E-state index in [4.69, 9.17) is 4.98 Å². The molecule has 0 aromatic carbocycles. The van der Waals surface area contributed by atoms with E-state index in [0.717, 1.165) is 65.2 Å². The SMILES string of the molecule is C=C(C1CCC(Nc2ncc3c(-c4ccc(N=C(C)C)c(C)n4)ccn3n2)CC1)N1CC(F)(F)C1. The van der Waals surface area contributed by atoms with Crippen molar-refractivity contribution in [1.82, 2.24) is 24.5 Å². The summed E-state index contributed by atoms with van der Waals surface area (Å²) in [6.45, 7) is 9.61. The standard InChI is InChI=1S/C26H31F2N7/c1-16(2)30-22-9-10-23(31-17(22)3)21-11-12-35-24(21)13-29-25(33-35)32-20-7-5-19(6-8-20)18(4)34-14-26(27,28)15-34/h9-13,19-20H,4-8,14-15H2,1-3H3,(H,32,33). The number of nitrogens with zero attached hydrogens (tertiary/aromatic N) is 6. The van der Waals surface area contributed by atoms with Crippen LogP contribution >= 0.6 is 0 Å². The summed E-state index contributed by atoms with van der Waals surface area (Å²) in [5.41, 5.74) is 6.32. The van der Waals surface area contributed by atoms with E-state index in [-0.39, 0.29) is 25.0 Å². The molecule has 2 fully saturated rings. The second kappa shape index (κ2) is 9.02. The average molecular weight is 480 g/mol. The fourth-order valence-corrected chi connectivity index (χ4v) is 4.97. The zero-order chi connectivity index (χ0) is 24.7. The van der Waals surface area contributed by atoms with Gasteiger partial charge in [0.05, 0.1) is 41.9 Å². The molecule has 2 aliphatic rings. The first-order valence-corrected chi connectivity index (χ1v) is 12.1. The van der Waals surface area contributed by atoms with Gasteiger partial charge in [0.15, 0.2) is 0 Å². The molecule has 1 aliphatic carbocycles. The van der Waals surface area contributed by atoms with Crippen LogP contribution in [0.15, 0.2) is 47.9 Å². The zero-order valence-corrected chi connectivity index (χ0v) is 20.4. The summed E-state index contributed by atoms with van der Waals surface area (Å²) in [7, 11) is 0. The van der Waals surface area contributed by atoms with Crippen LogP contribution in [-0.4, -0.2) is 55.2 Å². The van der Waals surface area contributed by atoms with Gasteiger partial charge < -0.3 is 10.2 Å². The maximum absolute atomic E-state index is 13.2. The molecule has 35 heavy (non-hydrogen) atoms. The number of hydrogen-bond acceptors (Lipinski definition) is 6. The molecular weight excluding hydrogens is 448 g/mol. The summed E-state index contributed by atoms with van der Waals surface area (Å²) < 4.78 is 28.2. The Morgan fingerprint density at radius 1 is 1.14 bits per heavy atom. The number of fused-ring (bicyclic) bond motifs is 1. The zero-order valence-electron chi connectivity index (χ0n) is 20.4. The van der Waals surface area contributed by atoms with Crippen molar-refractivity contribution in [2.24, 2.45) is 10.9 Å². The van der Waals surface area contributed by atoms with Crippen LogP contribution in [0.1, 0.15) is 45.2 Å². The number of rotatable bonds is 6. The molecule has 1 N–H and O–H groups in total. The Morgan fingerprint density at radius 3 is 2.54 bits per heavy atom. The summed E-state index contributed by atoms with van der Waals surface area (Å²) in [6, 6.07) is 6.22. The highest BCUT2D eigenvalue weighted by Gasteiger charge is 2.45. The smallest absolute Gasteiger partial charge is 0.282 e. The summed E-state index contributed by atoms with van der Waals surface area (Å²) in [4.78, 5) is 15.5. The van der Waals surface area contributed by atoms with Gasteiger partial charge in [-0.2, -0.15) is 0 Å². The molecule has 1 aliphatic heterocycles. The number of aromatic nitrogens is 4. The number of pyridine rings is 1. The predicted octanol–water partition coefficient (Wildman–Crippen LogP) is 5.65. The fraction of sp³-hybridized carbons (Fsp3) is 0.462. The van der Waals surface area contributed by atoms with Crippen LogP contribution < -0.4 is 5.32 Å². The minimum atomic E-state index is -2.56. The number of nitrogens with one attached hydrogen (secondary N) is 1. The molecule has 5 rings (SSSR count). The van der Waals surface area contributed by atoms with E-state index in [1.807, 2.05) is 55.9 Å². The van der Waals surface area contributed by atoms with Crippen molar-refractivity contribution in [2.75, 3.05) is 18.4 Å². The molecule has 1 saturated carbocycles. The molecule has 0 spiro atoms. The van der Waals surface area contributed by atoms with E-state index in [9.17, 15) is 8.78 Å². The summed E-state index contributed by atoms with van der Waals surface area (Å²) in [5, 5.41) is 8.10. The van der Waals surface area contributed by atoms with E-state index in [0.29, 0.717) is 5.95 Å². The number of hydrogen-bond donors (Lipinski definition) is 1. The first kappa shape index (κ1) is 23.4. The number of halogens is 2. The molecule has 7 nitrogen and oxygen atoms in total. The van der Waals surface area contributed by atoms with Gasteiger partial charge in [-0.1, -0.05) is 6.58 Å². The minimum absolute atomic E-state index is 0.192. The lowest BCUT2D eigenvalue weighted by Crippen LogP contribution is -2.56. The summed E-state index contributed by atoms with van der Waals surface area (Å²) in [5.74, 6) is -1.71. The maximum atomic E-state index is 13.2. The van der Waals surface area contributed by atoms with Crippen LogP contribution in [0.2, 0.25) is 0 Å². The Labute approximate surface area is 204 Å². The third kappa shape index (κ3) is 4.90. The highest BCUT2D eigenvalue weighted by atomic mass is 19.3. The Hall–Kier alpha value is -3.36. The predicted molar refractivity (Wildman–Crippen MR) is 134 cm³/mol. The Bertz CT molecular complexity index is 1280. The van der Waals surface area contributed by atoms with Crippen molar-refractivity contribution in [1.29, 1.82) is 0 Å². The van der Waals surface area contributed by atoms with Crippen molar-refractivity contribution in [3.8, 4) is 11.3 Å². The van der Waals surface area contributed by atoms with Gasteiger partial charge in [-0.3, -0.25) is 9.98 Å². The van der Waals surface area contributed by atoms with E-state index in [2.05, 4.69) is 27.0 Å². The van der Waals surface area contributed by atoms with Crippen molar-refractivity contribution < 1.29 is 8.78 Å². The summed E-state index contributed by atoms with van der Waals surface area (Å²) >= 11 is 0. The number of allylic oxidation sites excluding steroid dienone is 1. The maximum Gasteiger partial charge on any atom is 0.282 e. The van der Waals surface area contributed by atoms with E-state index in [1.54, 1.807) is 4.90 Å². The molecule has 184 valence electrons. The quantitative estimate of drug-likeness (QED) is 0.463. The third-order valence-electron chi connectivity index (χ3n) is 6.88. The van der Waals surface area contributed by atoms with Gasteiger partial charge in [-0.25, -0.2) is 18.3 Å². The number of aliphatic imine (C=N–C) groups is 1. The van der Waals surface area contributed by atoms with Crippen molar-refractivity contribution in [3.63, 3.8) is 0 Å². The first-order chi connectivity index (χ1) is 16.7. The first-order valence-electron chi connectivity index (χ1n) is 12.1. The van der Waals surface area contributed by atoms with Crippen LogP contribution in [0.5, 0.6) is 0 Å². The molecule has 4 heterocycles. The topological polar surface area (TPSA) is 70.7 Å². The van der Waals surface area contributed by atoms with E-state index >= 15 is 0 Å². The van der Waals surface area contributed by atoms with E-state index < -0.39 is 5.92 Å². The van der Waals surface area contributed by atoms with Crippen molar-refractivity contribution in [2.45, 2.75) is 58.4 Å². The van der Waals surface area contributed by atoms with Crippen LogP contribution in [0.3, 0.4) is 0 Å². The Morgan fingerprint density at radius 2 is 1.89 bits per heavy atom. The van der Waals surface area contributed by atoms with Gasteiger partial charge >= 0.3 is 0 Å². The molecule has 0 amide bonds. The van der Waals surface area contributed by atoms with Gasteiger partial charge in [-0.15, -0.1) is 5.10 Å². The average Bonchev–Trinajstić information content (AvgIpc) is 3.22. The van der Waals surface area contributed by atoms with E-state index in [1.165, 1.54) is 0 Å². The minimum Gasteiger partial charge on any atom is -0.363 e. The normalized spacial score (nSPS) is 21.5. The molecule has 3 aromatic rings. The number of likely N-dealkylation sites (tertiary alicyclic amines) is 1. The monoisotopic (exact) mass is 479 g/mol. The van der Waals surface area contributed by atoms with Crippen LogP contribution in [0, 0.1) is 12.8 Å². The van der Waals surface area contributed by atoms with Crippen LogP contribution in [0.25, 0.3) is 16.8 Å². The van der Waals surface area contributed by atoms with Crippen molar-refractivity contribution in [3.05, 3.63) is 48.6 Å². The second-order valence-corrected chi connectivity index (χ2v) is 9.90. The molecule has 1 saturated heterocycles. The number of aryl methyl sites for hydroxylation is 1. The molecule has 9 heteroatoms. The Balaban J connectivity index is 1.23. The van der Waals surface area contributed by atoms with Gasteiger partial charge in [0.1, 0.15) is 0 Å². The molecule has 0 bridgehead atoms. The number of anilines is 1. The lowest BCUT2D eigenvalue weighted by Gasteiger charge is -2.45. The lowest BCUT2D eigenvalue weighted by molar-refractivity contribution is -0.120. The van der Waals surface area contributed by atoms with Crippen LogP contribution in [-0.2, 0) is 0 Å². The Kier molecular flexibility index (Phi) is 6.02.